The molecular weight excluding hydrogens is 449 g/mol. The van der Waals surface area contributed by atoms with Crippen molar-refractivity contribution in [2.24, 2.45) is 0 Å². The summed E-state index contributed by atoms with van der Waals surface area (Å²) in [5, 5.41) is 5.72. The first kappa shape index (κ1) is 22.6. The first-order valence-electron chi connectivity index (χ1n) is 9.57. The van der Waals surface area contributed by atoms with Crippen LogP contribution in [-0.4, -0.2) is 54.3 Å². The highest BCUT2D eigenvalue weighted by Crippen LogP contribution is 2.26. The standard InChI is InChI=1S/C21H24Cl3N3OS/c22-17-6-7-20(19(24)14-17)25-21(29)27(15-16-4-1-2-5-18(16)23)9-3-8-26-10-12-28-13-11-26/h1-2,4-7,14H,3,8-13,15H2,(H,25,29). The predicted octanol–water partition coefficient (Wildman–Crippen LogP) is 5.57. The van der Waals surface area contributed by atoms with Gasteiger partial charge in [0.2, 0.25) is 0 Å². The van der Waals surface area contributed by atoms with Crippen molar-refractivity contribution in [3.05, 3.63) is 63.1 Å². The van der Waals surface area contributed by atoms with E-state index in [2.05, 4.69) is 15.1 Å². The molecule has 1 aliphatic rings. The molecule has 2 aromatic rings. The molecule has 0 amide bonds. The number of benzene rings is 2. The fourth-order valence-corrected chi connectivity index (χ4v) is 4.10. The van der Waals surface area contributed by atoms with Gasteiger partial charge in [0, 0.05) is 42.8 Å². The van der Waals surface area contributed by atoms with Gasteiger partial charge in [-0.25, -0.2) is 0 Å². The molecule has 1 aliphatic heterocycles. The summed E-state index contributed by atoms with van der Waals surface area (Å²) in [4.78, 5) is 4.55. The second kappa shape index (κ2) is 11.3. The molecule has 1 fully saturated rings. The van der Waals surface area contributed by atoms with Crippen LogP contribution < -0.4 is 5.32 Å². The van der Waals surface area contributed by atoms with Crippen LogP contribution in [0.4, 0.5) is 5.69 Å². The maximum absolute atomic E-state index is 6.38. The third kappa shape index (κ3) is 6.99. The number of hydrogen-bond donors (Lipinski definition) is 1. The van der Waals surface area contributed by atoms with Crippen LogP contribution in [0.2, 0.25) is 15.1 Å². The molecule has 1 heterocycles. The highest BCUT2D eigenvalue weighted by molar-refractivity contribution is 7.80. The Bertz CT molecular complexity index is 831. The number of morpholine rings is 1. The molecule has 1 saturated heterocycles. The molecule has 1 N–H and O–H groups in total. The lowest BCUT2D eigenvalue weighted by Gasteiger charge is -2.30. The molecule has 8 heteroatoms. The summed E-state index contributed by atoms with van der Waals surface area (Å²) in [6.07, 6.45) is 0.987. The topological polar surface area (TPSA) is 27.7 Å². The summed E-state index contributed by atoms with van der Waals surface area (Å²) in [6.45, 7) is 6.00. The van der Waals surface area contributed by atoms with Crippen LogP contribution in [0, 0.1) is 0 Å². The molecular formula is C21H24Cl3N3OS. The van der Waals surface area contributed by atoms with E-state index in [4.69, 9.17) is 51.8 Å². The van der Waals surface area contributed by atoms with Gasteiger partial charge in [-0.2, -0.15) is 0 Å². The zero-order chi connectivity index (χ0) is 20.6. The monoisotopic (exact) mass is 471 g/mol. The van der Waals surface area contributed by atoms with E-state index in [1.54, 1.807) is 12.1 Å². The van der Waals surface area contributed by atoms with Gasteiger partial charge in [0.1, 0.15) is 0 Å². The first-order chi connectivity index (χ1) is 14.0. The minimum absolute atomic E-state index is 0.533. The Morgan fingerprint density at radius 2 is 1.83 bits per heavy atom. The van der Waals surface area contributed by atoms with Crippen molar-refractivity contribution in [2.75, 3.05) is 44.7 Å². The lowest BCUT2D eigenvalue weighted by molar-refractivity contribution is 0.0368. The quantitative estimate of drug-likeness (QED) is 0.532. The Kier molecular flexibility index (Phi) is 8.85. The maximum atomic E-state index is 6.38. The van der Waals surface area contributed by atoms with Crippen molar-refractivity contribution in [1.29, 1.82) is 0 Å². The second-order valence-corrected chi connectivity index (χ2v) is 8.51. The molecule has 4 nitrogen and oxygen atoms in total. The lowest BCUT2D eigenvalue weighted by atomic mass is 10.2. The van der Waals surface area contributed by atoms with Crippen molar-refractivity contribution in [2.45, 2.75) is 13.0 Å². The van der Waals surface area contributed by atoms with Crippen LogP contribution >= 0.6 is 47.0 Å². The highest BCUT2D eigenvalue weighted by Gasteiger charge is 2.15. The zero-order valence-electron chi connectivity index (χ0n) is 16.0. The van der Waals surface area contributed by atoms with Gasteiger partial charge in [0.05, 0.1) is 23.9 Å². The molecule has 0 radical (unpaired) electrons. The van der Waals surface area contributed by atoms with E-state index in [0.717, 1.165) is 62.1 Å². The Balaban J connectivity index is 1.66. The van der Waals surface area contributed by atoms with Crippen molar-refractivity contribution in [3.8, 4) is 0 Å². The summed E-state index contributed by atoms with van der Waals surface area (Å²) in [5.74, 6) is 0. The van der Waals surface area contributed by atoms with E-state index in [1.807, 2.05) is 30.3 Å². The summed E-state index contributed by atoms with van der Waals surface area (Å²) in [7, 11) is 0. The van der Waals surface area contributed by atoms with Gasteiger partial charge in [-0.1, -0.05) is 53.0 Å². The zero-order valence-corrected chi connectivity index (χ0v) is 19.1. The van der Waals surface area contributed by atoms with Gasteiger partial charge in [-0.15, -0.1) is 0 Å². The van der Waals surface area contributed by atoms with Crippen molar-refractivity contribution in [3.63, 3.8) is 0 Å². The van der Waals surface area contributed by atoms with E-state index >= 15 is 0 Å². The normalized spacial score (nSPS) is 14.6. The van der Waals surface area contributed by atoms with Crippen LogP contribution in [0.5, 0.6) is 0 Å². The van der Waals surface area contributed by atoms with E-state index in [9.17, 15) is 0 Å². The van der Waals surface area contributed by atoms with Crippen LogP contribution in [-0.2, 0) is 11.3 Å². The minimum Gasteiger partial charge on any atom is -0.379 e. The third-order valence-corrected chi connectivity index (χ3v) is 6.06. The number of ether oxygens (including phenoxy) is 1. The van der Waals surface area contributed by atoms with Crippen LogP contribution in [0.1, 0.15) is 12.0 Å². The number of rotatable bonds is 7. The largest absolute Gasteiger partial charge is 0.379 e. The molecule has 29 heavy (non-hydrogen) atoms. The first-order valence-corrected chi connectivity index (χ1v) is 11.1. The molecule has 3 rings (SSSR count). The lowest BCUT2D eigenvalue weighted by Crippen LogP contribution is -2.40. The summed E-state index contributed by atoms with van der Waals surface area (Å²) in [6, 6.07) is 13.2. The maximum Gasteiger partial charge on any atom is 0.173 e. The highest BCUT2D eigenvalue weighted by atomic mass is 35.5. The van der Waals surface area contributed by atoms with Gasteiger partial charge in [0.15, 0.2) is 5.11 Å². The van der Waals surface area contributed by atoms with Gasteiger partial charge < -0.3 is 15.0 Å². The van der Waals surface area contributed by atoms with Crippen LogP contribution in [0.3, 0.4) is 0 Å². The van der Waals surface area contributed by atoms with Gasteiger partial charge >= 0.3 is 0 Å². The number of thiocarbonyl (C=S) groups is 1. The number of nitrogens with one attached hydrogen (secondary N) is 1. The number of hydrogen-bond acceptors (Lipinski definition) is 3. The van der Waals surface area contributed by atoms with Gasteiger partial charge in [-0.3, -0.25) is 4.90 Å². The average Bonchev–Trinajstić information content (AvgIpc) is 2.71. The predicted molar refractivity (Wildman–Crippen MR) is 126 cm³/mol. The van der Waals surface area contributed by atoms with Crippen LogP contribution in [0.15, 0.2) is 42.5 Å². The fourth-order valence-electron chi connectivity index (χ4n) is 3.18. The third-order valence-electron chi connectivity index (χ3n) is 4.79. The second-order valence-electron chi connectivity index (χ2n) is 6.87. The fraction of sp³-hybridized carbons (Fsp3) is 0.381. The van der Waals surface area contributed by atoms with Crippen molar-refractivity contribution < 1.29 is 4.74 Å². The number of anilines is 1. The molecule has 0 aromatic heterocycles. The molecule has 0 saturated carbocycles. The van der Waals surface area contributed by atoms with E-state index in [1.165, 1.54) is 0 Å². The summed E-state index contributed by atoms with van der Waals surface area (Å²) >= 11 is 24.4. The SMILES string of the molecule is S=C(Nc1ccc(Cl)cc1Cl)N(CCCN1CCOCC1)Cc1ccccc1Cl. The van der Waals surface area contributed by atoms with Gasteiger partial charge in [0.25, 0.3) is 0 Å². The van der Waals surface area contributed by atoms with Crippen molar-refractivity contribution in [1.82, 2.24) is 9.80 Å². The molecule has 156 valence electrons. The van der Waals surface area contributed by atoms with E-state index < -0.39 is 0 Å². The number of halogens is 3. The Labute approximate surface area is 192 Å². The smallest absolute Gasteiger partial charge is 0.173 e. The van der Waals surface area contributed by atoms with E-state index in [0.29, 0.717) is 21.7 Å². The molecule has 0 aliphatic carbocycles. The minimum atomic E-state index is 0.533. The Morgan fingerprint density at radius 3 is 2.55 bits per heavy atom. The number of nitrogens with zero attached hydrogens (tertiary/aromatic N) is 2. The Hall–Kier alpha value is -1.08. The molecule has 0 bridgehead atoms. The summed E-state index contributed by atoms with van der Waals surface area (Å²) in [5.41, 5.74) is 1.77. The van der Waals surface area contributed by atoms with Crippen LogP contribution in [0.25, 0.3) is 0 Å². The van der Waals surface area contributed by atoms with E-state index in [-0.39, 0.29) is 0 Å². The molecule has 2 aromatic carbocycles. The Morgan fingerprint density at radius 1 is 1.07 bits per heavy atom. The average molecular weight is 473 g/mol. The molecule has 0 unspecified atom stereocenters. The summed E-state index contributed by atoms with van der Waals surface area (Å²) < 4.78 is 5.42. The molecule has 0 atom stereocenters. The van der Waals surface area contributed by atoms with Gasteiger partial charge in [-0.05, 0) is 48.5 Å². The van der Waals surface area contributed by atoms with Crippen molar-refractivity contribution >= 4 is 57.8 Å². The molecule has 0 spiro atoms.